The van der Waals surface area contributed by atoms with E-state index < -0.39 is 0 Å². The van der Waals surface area contributed by atoms with E-state index in [-0.39, 0.29) is 11.7 Å². The molecule has 0 unspecified atom stereocenters. The molecule has 1 heterocycles. The second kappa shape index (κ2) is 5.31. The molecule has 0 saturated heterocycles. The Labute approximate surface area is 103 Å². The van der Waals surface area contributed by atoms with Gasteiger partial charge in [0.25, 0.3) is 0 Å². The highest BCUT2D eigenvalue weighted by Gasteiger charge is 2.04. The average Bonchev–Trinajstić information content (AvgIpc) is 2.82. The van der Waals surface area contributed by atoms with Gasteiger partial charge in [-0.1, -0.05) is 0 Å². The molecule has 0 aliphatic rings. The number of nitrogens with zero attached hydrogens (tertiary/aromatic N) is 1. The minimum absolute atomic E-state index is 0.193. The maximum Gasteiger partial charge on any atom is 0.221 e. The van der Waals surface area contributed by atoms with Crippen molar-refractivity contribution in [2.75, 3.05) is 10.6 Å². The molecule has 2 aromatic rings. The largest absolute Gasteiger partial charge is 0.377 e. The molecule has 18 heavy (non-hydrogen) atoms. The van der Waals surface area contributed by atoms with E-state index >= 15 is 0 Å². The van der Waals surface area contributed by atoms with Crippen LogP contribution in [0.2, 0.25) is 0 Å². The summed E-state index contributed by atoms with van der Waals surface area (Å²) in [6, 6.07) is 6.16. The summed E-state index contributed by atoms with van der Waals surface area (Å²) in [6.07, 6.45) is 1.63. The molecule has 0 fully saturated rings. The number of halogens is 1. The summed E-state index contributed by atoms with van der Waals surface area (Å²) in [6.45, 7) is 1.83. The van der Waals surface area contributed by atoms with Crippen molar-refractivity contribution < 1.29 is 9.18 Å². The molecule has 0 radical (unpaired) electrons. The molecule has 0 aliphatic carbocycles. The highest BCUT2D eigenvalue weighted by molar-refractivity contribution is 5.89. The summed E-state index contributed by atoms with van der Waals surface area (Å²) in [5, 5.41) is 12.1. The first-order chi connectivity index (χ1) is 8.65. The van der Waals surface area contributed by atoms with E-state index in [2.05, 4.69) is 20.8 Å². The van der Waals surface area contributed by atoms with Crippen LogP contribution in [-0.4, -0.2) is 16.1 Å². The highest BCUT2D eigenvalue weighted by atomic mass is 19.1. The summed E-state index contributed by atoms with van der Waals surface area (Å²) in [4.78, 5) is 10.9. The molecule has 1 aromatic heterocycles. The van der Waals surface area contributed by atoms with Gasteiger partial charge in [0.2, 0.25) is 5.91 Å². The van der Waals surface area contributed by atoms with Gasteiger partial charge in [-0.15, -0.1) is 0 Å². The molecule has 0 saturated carbocycles. The van der Waals surface area contributed by atoms with Crippen molar-refractivity contribution in [3.63, 3.8) is 0 Å². The Kier molecular flexibility index (Phi) is 3.57. The van der Waals surface area contributed by atoms with Crippen LogP contribution in [-0.2, 0) is 11.3 Å². The summed E-state index contributed by atoms with van der Waals surface area (Å²) < 4.78 is 13.5. The van der Waals surface area contributed by atoms with Crippen molar-refractivity contribution in [3.8, 4) is 0 Å². The van der Waals surface area contributed by atoms with Gasteiger partial charge >= 0.3 is 0 Å². The van der Waals surface area contributed by atoms with Gasteiger partial charge in [0.15, 0.2) is 0 Å². The Hall–Kier alpha value is -2.37. The normalized spacial score (nSPS) is 10.1. The van der Waals surface area contributed by atoms with Crippen LogP contribution in [0.1, 0.15) is 12.6 Å². The summed E-state index contributed by atoms with van der Waals surface area (Å²) >= 11 is 0. The molecule has 0 bridgehead atoms. The lowest BCUT2D eigenvalue weighted by Crippen LogP contribution is -2.07. The number of aromatic nitrogens is 2. The SMILES string of the molecule is CC(=O)Nc1ccc(F)c(NCc2ccn[nH]2)c1. The van der Waals surface area contributed by atoms with Gasteiger partial charge in [0.1, 0.15) is 5.82 Å². The maximum atomic E-state index is 13.5. The van der Waals surface area contributed by atoms with Crippen molar-refractivity contribution >= 4 is 17.3 Å². The fraction of sp³-hybridized carbons (Fsp3) is 0.167. The van der Waals surface area contributed by atoms with Crippen LogP contribution in [0.15, 0.2) is 30.5 Å². The van der Waals surface area contributed by atoms with Gasteiger partial charge in [0, 0.05) is 18.8 Å². The van der Waals surface area contributed by atoms with Crippen LogP contribution >= 0.6 is 0 Å². The first-order valence-electron chi connectivity index (χ1n) is 5.44. The number of amides is 1. The standard InChI is InChI=1S/C12H13FN4O/c1-8(18)16-9-2-3-11(13)12(6-9)14-7-10-4-5-15-17-10/h2-6,14H,7H2,1H3,(H,15,17)(H,16,18). The van der Waals surface area contributed by atoms with Crippen molar-refractivity contribution in [2.24, 2.45) is 0 Å². The topological polar surface area (TPSA) is 69.8 Å². The van der Waals surface area contributed by atoms with Crippen LogP contribution in [0, 0.1) is 5.82 Å². The van der Waals surface area contributed by atoms with Crippen LogP contribution in [0.25, 0.3) is 0 Å². The van der Waals surface area contributed by atoms with Gasteiger partial charge in [-0.05, 0) is 24.3 Å². The fourth-order valence-corrected chi connectivity index (χ4v) is 1.52. The number of anilines is 2. The van der Waals surface area contributed by atoms with Gasteiger partial charge in [0.05, 0.1) is 17.9 Å². The van der Waals surface area contributed by atoms with E-state index in [4.69, 9.17) is 0 Å². The zero-order valence-corrected chi connectivity index (χ0v) is 9.83. The molecule has 0 spiro atoms. The van der Waals surface area contributed by atoms with Crippen molar-refractivity contribution in [3.05, 3.63) is 42.0 Å². The van der Waals surface area contributed by atoms with Gasteiger partial charge in [-0.2, -0.15) is 5.10 Å². The van der Waals surface area contributed by atoms with Crippen LogP contribution < -0.4 is 10.6 Å². The first kappa shape index (κ1) is 12.1. The smallest absolute Gasteiger partial charge is 0.221 e. The molecule has 1 amide bonds. The molecule has 1 aromatic carbocycles. The molecular weight excluding hydrogens is 235 g/mol. The van der Waals surface area contributed by atoms with E-state index in [1.807, 2.05) is 0 Å². The zero-order chi connectivity index (χ0) is 13.0. The third kappa shape index (κ3) is 3.07. The maximum absolute atomic E-state index is 13.5. The van der Waals surface area contributed by atoms with E-state index in [0.29, 0.717) is 17.9 Å². The Morgan fingerprint density at radius 1 is 1.44 bits per heavy atom. The van der Waals surface area contributed by atoms with Crippen molar-refractivity contribution in [1.82, 2.24) is 10.2 Å². The van der Waals surface area contributed by atoms with Gasteiger partial charge < -0.3 is 10.6 Å². The number of hydrogen-bond acceptors (Lipinski definition) is 3. The zero-order valence-electron chi connectivity index (χ0n) is 9.83. The Balaban J connectivity index is 2.08. The number of carbonyl (C=O) groups excluding carboxylic acids is 1. The number of carbonyl (C=O) groups is 1. The minimum atomic E-state index is -0.372. The molecule has 6 heteroatoms. The number of nitrogens with one attached hydrogen (secondary N) is 3. The highest BCUT2D eigenvalue weighted by Crippen LogP contribution is 2.20. The minimum Gasteiger partial charge on any atom is -0.377 e. The molecule has 3 N–H and O–H groups in total. The van der Waals surface area contributed by atoms with E-state index in [9.17, 15) is 9.18 Å². The monoisotopic (exact) mass is 248 g/mol. The summed E-state index contributed by atoms with van der Waals surface area (Å²) in [5.74, 6) is -0.565. The Morgan fingerprint density at radius 2 is 2.28 bits per heavy atom. The van der Waals surface area contributed by atoms with Crippen LogP contribution in [0.5, 0.6) is 0 Å². The van der Waals surface area contributed by atoms with E-state index in [1.165, 1.54) is 19.1 Å². The molecule has 94 valence electrons. The van der Waals surface area contributed by atoms with E-state index in [1.54, 1.807) is 18.3 Å². The number of H-pyrrole nitrogens is 1. The summed E-state index contributed by atoms with van der Waals surface area (Å²) in [7, 11) is 0. The first-order valence-corrected chi connectivity index (χ1v) is 5.44. The molecule has 2 rings (SSSR count). The Morgan fingerprint density at radius 3 is 2.94 bits per heavy atom. The molecular formula is C12H13FN4O. The van der Waals surface area contributed by atoms with Gasteiger partial charge in [-0.25, -0.2) is 4.39 Å². The van der Waals surface area contributed by atoms with Crippen molar-refractivity contribution in [2.45, 2.75) is 13.5 Å². The lowest BCUT2D eigenvalue weighted by Gasteiger charge is -2.09. The lowest BCUT2D eigenvalue weighted by molar-refractivity contribution is -0.114. The number of hydrogen-bond donors (Lipinski definition) is 3. The third-order valence-electron chi connectivity index (χ3n) is 2.31. The average molecular weight is 248 g/mol. The molecule has 0 atom stereocenters. The number of aromatic amines is 1. The molecule has 5 nitrogen and oxygen atoms in total. The third-order valence-corrected chi connectivity index (χ3v) is 2.31. The second-order valence-electron chi connectivity index (χ2n) is 3.81. The predicted molar refractivity (Wildman–Crippen MR) is 66.6 cm³/mol. The van der Waals surface area contributed by atoms with E-state index in [0.717, 1.165) is 5.69 Å². The summed E-state index contributed by atoms with van der Waals surface area (Å²) in [5.41, 5.74) is 1.73. The lowest BCUT2D eigenvalue weighted by atomic mass is 10.2. The van der Waals surface area contributed by atoms with Crippen LogP contribution in [0.4, 0.5) is 15.8 Å². The molecule has 0 aliphatic heterocycles. The number of benzene rings is 1. The quantitative estimate of drug-likeness (QED) is 0.776. The Bertz CT molecular complexity index is 539. The van der Waals surface area contributed by atoms with Gasteiger partial charge in [-0.3, -0.25) is 9.89 Å². The van der Waals surface area contributed by atoms with Crippen molar-refractivity contribution in [1.29, 1.82) is 0 Å². The van der Waals surface area contributed by atoms with Crippen LogP contribution in [0.3, 0.4) is 0 Å². The fourth-order valence-electron chi connectivity index (χ4n) is 1.52. The predicted octanol–water partition coefficient (Wildman–Crippen LogP) is 2.12. The number of rotatable bonds is 4. The second-order valence-corrected chi connectivity index (χ2v) is 3.81.